The summed E-state index contributed by atoms with van der Waals surface area (Å²) in [6, 6.07) is 5.92. The van der Waals surface area contributed by atoms with Crippen LogP contribution in [0.5, 0.6) is 5.75 Å². The zero-order valence-corrected chi connectivity index (χ0v) is 10.3. The Morgan fingerprint density at radius 2 is 1.60 bits per heavy atom. The molecule has 0 aliphatic rings. The SMILES string of the molecule is Cc1c(F)c(F)c(F)c(N=Cc2ccccc2O)c1F. The molecule has 0 bridgehead atoms. The van der Waals surface area contributed by atoms with Gasteiger partial charge in [0.15, 0.2) is 23.3 Å². The third kappa shape index (κ3) is 2.36. The average molecular weight is 283 g/mol. The Hall–Kier alpha value is -2.37. The van der Waals surface area contributed by atoms with Crippen molar-refractivity contribution in [3.8, 4) is 5.75 Å². The number of para-hydroxylation sites is 1. The molecule has 0 saturated carbocycles. The molecule has 0 aliphatic heterocycles. The maximum atomic E-state index is 13.7. The van der Waals surface area contributed by atoms with Gasteiger partial charge in [-0.3, -0.25) is 0 Å². The molecule has 2 rings (SSSR count). The number of hydrogen-bond acceptors (Lipinski definition) is 2. The van der Waals surface area contributed by atoms with Crippen LogP contribution < -0.4 is 0 Å². The van der Waals surface area contributed by atoms with Crippen LogP contribution in [0.25, 0.3) is 0 Å². The van der Waals surface area contributed by atoms with Crippen LogP contribution in [-0.2, 0) is 0 Å². The highest BCUT2D eigenvalue weighted by molar-refractivity contribution is 5.85. The number of nitrogens with zero attached hydrogens (tertiary/aromatic N) is 1. The molecule has 0 amide bonds. The van der Waals surface area contributed by atoms with Gasteiger partial charge in [-0.05, 0) is 19.1 Å². The van der Waals surface area contributed by atoms with E-state index in [1.165, 1.54) is 12.1 Å². The van der Waals surface area contributed by atoms with Crippen molar-refractivity contribution in [2.75, 3.05) is 0 Å². The second kappa shape index (κ2) is 5.32. The Morgan fingerprint density at radius 1 is 0.950 bits per heavy atom. The van der Waals surface area contributed by atoms with Gasteiger partial charge in [-0.15, -0.1) is 0 Å². The second-order valence-electron chi connectivity index (χ2n) is 4.05. The molecule has 2 aromatic carbocycles. The molecule has 2 aromatic rings. The van der Waals surface area contributed by atoms with Crippen molar-refractivity contribution in [2.45, 2.75) is 6.92 Å². The zero-order valence-electron chi connectivity index (χ0n) is 10.3. The van der Waals surface area contributed by atoms with Crippen LogP contribution in [0.2, 0.25) is 0 Å². The minimum Gasteiger partial charge on any atom is -0.507 e. The van der Waals surface area contributed by atoms with Crippen molar-refractivity contribution in [3.05, 3.63) is 58.7 Å². The lowest BCUT2D eigenvalue weighted by molar-refractivity contribution is 0.431. The first-order chi connectivity index (χ1) is 9.43. The molecule has 0 heterocycles. The lowest BCUT2D eigenvalue weighted by atomic mass is 10.1. The van der Waals surface area contributed by atoms with Crippen LogP contribution >= 0.6 is 0 Å². The minimum atomic E-state index is -1.78. The molecule has 0 fully saturated rings. The van der Waals surface area contributed by atoms with E-state index >= 15 is 0 Å². The van der Waals surface area contributed by atoms with E-state index in [2.05, 4.69) is 4.99 Å². The van der Waals surface area contributed by atoms with Gasteiger partial charge in [0, 0.05) is 17.3 Å². The van der Waals surface area contributed by atoms with Crippen LogP contribution in [0, 0.1) is 30.2 Å². The van der Waals surface area contributed by atoms with Gasteiger partial charge >= 0.3 is 0 Å². The molecular formula is C14H9F4NO. The van der Waals surface area contributed by atoms with Crippen molar-refractivity contribution in [2.24, 2.45) is 4.99 Å². The van der Waals surface area contributed by atoms with Crippen LogP contribution in [0.4, 0.5) is 23.2 Å². The molecule has 0 radical (unpaired) electrons. The number of halogens is 4. The smallest absolute Gasteiger partial charge is 0.197 e. The van der Waals surface area contributed by atoms with Gasteiger partial charge in [-0.25, -0.2) is 22.6 Å². The molecule has 104 valence electrons. The van der Waals surface area contributed by atoms with Gasteiger partial charge in [-0.1, -0.05) is 12.1 Å². The number of phenolic OH excluding ortho intramolecular Hbond substituents is 1. The number of aliphatic imine (C=N–C) groups is 1. The third-order valence-electron chi connectivity index (χ3n) is 2.73. The maximum Gasteiger partial charge on any atom is 0.197 e. The van der Waals surface area contributed by atoms with Gasteiger partial charge in [0.2, 0.25) is 0 Å². The fraction of sp³-hybridized carbons (Fsp3) is 0.0714. The second-order valence-corrected chi connectivity index (χ2v) is 4.05. The normalized spacial score (nSPS) is 11.2. The molecule has 0 spiro atoms. The monoisotopic (exact) mass is 283 g/mol. The summed E-state index contributed by atoms with van der Waals surface area (Å²) in [5.41, 5.74) is -1.41. The zero-order chi connectivity index (χ0) is 14.9. The van der Waals surface area contributed by atoms with E-state index in [-0.39, 0.29) is 11.3 Å². The summed E-state index contributed by atoms with van der Waals surface area (Å²) in [6.45, 7) is 0.978. The molecule has 2 nitrogen and oxygen atoms in total. The molecule has 0 saturated heterocycles. The quantitative estimate of drug-likeness (QED) is 0.384. The molecule has 0 unspecified atom stereocenters. The van der Waals surface area contributed by atoms with Crippen molar-refractivity contribution in [3.63, 3.8) is 0 Å². The molecule has 0 aliphatic carbocycles. The summed E-state index contributed by atoms with van der Waals surface area (Å²) in [4.78, 5) is 3.46. The number of aromatic hydroxyl groups is 1. The topological polar surface area (TPSA) is 32.6 Å². The highest BCUT2D eigenvalue weighted by atomic mass is 19.2. The summed E-state index contributed by atoms with van der Waals surface area (Å²) in [6.07, 6.45) is 0.966. The van der Waals surface area contributed by atoms with Crippen LogP contribution in [0.3, 0.4) is 0 Å². The van der Waals surface area contributed by atoms with Gasteiger partial charge in [0.1, 0.15) is 11.4 Å². The first-order valence-electron chi connectivity index (χ1n) is 5.58. The Balaban J connectivity index is 2.53. The number of phenols is 1. The Bertz CT molecular complexity index is 669. The van der Waals surface area contributed by atoms with Crippen molar-refractivity contribution in [1.29, 1.82) is 0 Å². The molecular weight excluding hydrogens is 274 g/mol. The van der Waals surface area contributed by atoms with Crippen molar-refractivity contribution >= 4 is 11.9 Å². The van der Waals surface area contributed by atoms with E-state index in [0.717, 1.165) is 13.1 Å². The summed E-state index contributed by atoms with van der Waals surface area (Å²) < 4.78 is 53.5. The highest BCUT2D eigenvalue weighted by Gasteiger charge is 2.22. The number of rotatable bonds is 2. The molecule has 0 aromatic heterocycles. The lowest BCUT2D eigenvalue weighted by Gasteiger charge is -2.06. The van der Waals surface area contributed by atoms with Crippen molar-refractivity contribution < 1.29 is 22.7 Å². The average Bonchev–Trinajstić information content (AvgIpc) is 2.45. The highest BCUT2D eigenvalue weighted by Crippen LogP contribution is 2.30. The van der Waals surface area contributed by atoms with Crippen LogP contribution in [-0.4, -0.2) is 11.3 Å². The Morgan fingerprint density at radius 3 is 2.25 bits per heavy atom. The van der Waals surface area contributed by atoms with Gasteiger partial charge < -0.3 is 5.11 Å². The van der Waals surface area contributed by atoms with E-state index in [9.17, 15) is 22.7 Å². The largest absolute Gasteiger partial charge is 0.507 e. The van der Waals surface area contributed by atoms with E-state index in [1.807, 2.05) is 0 Å². The summed E-state index contributed by atoms with van der Waals surface area (Å²) in [7, 11) is 0. The molecule has 20 heavy (non-hydrogen) atoms. The Kier molecular flexibility index (Phi) is 3.74. The van der Waals surface area contributed by atoms with Gasteiger partial charge in [0.05, 0.1) is 0 Å². The van der Waals surface area contributed by atoms with Crippen LogP contribution in [0.15, 0.2) is 29.3 Å². The summed E-state index contributed by atoms with van der Waals surface area (Å²) in [5, 5.41) is 9.47. The summed E-state index contributed by atoms with van der Waals surface area (Å²) in [5.74, 6) is -6.52. The first kappa shape index (κ1) is 14.0. The summed E-state index contributed by atoms with van der Waals surface area (Å²) >= 11 is 0. The predicted molar refractivity (Wildman–Crippen MR) is 66.4 cm³/mol. The van der Waals surface area contributed by atoms with Gasteiger partial charge in [0.25, 0.3) is 0 Å². The fourth-order valence-electron chi connectivity index (χ4n) is 1.58. The van der Waals surface area contributed by atoms with Crippen LogP contribution in [0.1, 0.15) is 11.1 Å². The van der Waals surface area contributed by atoms with E-state index in [0.29, 0.717) is 0 Å². The molecule has 1 N–H and O–H groups in total. The predicted octanol–water partition coefficient (Wildman–Crippen LogP) is 4.01. The van der Waals surface area contributed by atoms with E-state index in [1.54, 1.807) is 12.1 Å². The number of hydrogen-bond donors (Lipinski definition) is 1. The molecule has 0 atom stereocenters. The lowest BCUT2D eigenvalue weighted by Crippen LogP contribution is -1.99. The van der Waals surface area contributed by atoms with E-state index in [4.69, 9.17) is 0 Å². The maximum absolute atomic E-state index is 13.7. The van der Waals surface area contributed by atoms with Crippen molar-refractivity contribution in [1.82, 2.24) is 0 Å². The number of benzene rings is 2. The van der Waals surface area contributed by atoms with Gasteiger partial charge in [-0.2, -0.15) is 0 Å². The van der Waals surface area contributed by atoms with E-state index < -0.39 is 34.5 Å². The molecule has 6 heteroatoms. The first-order valence-corrected chi connectivity index (χ1v) is 5.58. The third-order valence-corrected chi connectivity index (χ3v) is 2.73. The standard InChI is InChI=1S/C14H9F4NO/c1-7-10(15)12(17)13(18)14(11(7)16)19-6-8-4-2-3-5-9(8)20/h2-6,20H,1H3. The fourth-order valence-corrected chi connectivity index (χ4v) is 1.58. The minimum absolute atomic E-state index is 0.156. The Labute approximate surface area is 112 Å².